The first-order valence-corrected chi connectivity index (χ1v) is 10.2. The average Bonchev–Trinajstić information content (AvgIpc) is 3.03. The number of Topliss-reactive ketones (excluding diaryl/α,β-unsaturated/α-hetero) is 1. The fraction of sp³-hybridized carbons (Fsp3) is 0.120. The van der Waals surface area contributed by atoms with Crippen LogP contribution in [-0.2, 0) is 16.0 Å². The number of benzene rings is 3. The van der Waals surface area contributed by atoms with E-state index in [0.717, 1.165) is 5.56 Å². The molecule has 1 unspecified atom stereocenters. The van der Waals surface area contributed by atoms with E-state index in [0.29, 0.717) is 17.0 Å². The lowest BCUT2D eigenvalue weighted by molar-refractivity contribution is -0.139. The second-order valence-corrected chi connectivity index (χ2v) is 7.69. The minimum Gasteiger partial charge on any atom is -0.507 e. The standard InChI is InChI=1S/C25H19ClFNO3/c26-18-12-10-17(11-13-18)23(29)21-22(19-8-4-5-9-20(19)27)28(25(31)24(21)30)15-14-16-6-2-1-3-7-16/h1-13,22,29H,14-15H2/b23-21+. The molecule has 0 saturated carbocycles. The lowest BCUT2D eigenvalue weighted by Crippen LogP contribution is -2.32. The summed E-state index contributed by atoms with van der Waals surface area (Å²) >= 11 is 5.92. The van der Waals surface area contributed by atoms with Gasteiger partial charge in [0.15, 0.2) is 0 Å². The summed E-state index contributed by atoms with van der Waals surface area (Å²) in [5.74, 6) is -2.51. The summed E-state index contributed by atoms with van der Waals surface area (Å²) in [6.07, 6.45) is 0.486. The minimum atomic E-state index is -1.03. The Bertz CT molecular complexity index is 1160. The Kier molecular flexibility index (Phi) is 5.87. The molecular weight excluding hydrogens is 417 g/mol. The number of aliphatic hydroxyl groups is 1. The number of ketones is 1. The van der Waals surface area contributed by atoms with E-state index in [4.69, 9.17) is 11.6 Å². The molecule has 1 saturated heterocycles. The van der Waals surface area contributed by atoms with Crippen molar-refractivity contribution in [1.82, 2.24) is 4.90 Å². The maximum absolute atomic E-state index is 14.8. The number of carbonyl (C=O) groups excluding carboxylic acids is 2. The first-order valence-electron chi connectivity index (χ1n) is 9.80. The van der Waals surface area contributed by atoms with E-state index in [9.17, 15) is 19.1 Å². The second-order valence-electron chi connectivity index (χ2n) is 7.26. The van der Waals surface area contributed by atoms with Crippen molar-refractivity contribution < 1.29 is 19.1 Å². The Hall–Kier alpha value is -3.44. The molecule has 1 aliphatic rings. The fourth-order valence-electron chi connectivity index (χ4n) is 3.79. The maximum Gasteiger partial charge on any atom is 0.295 e. The second kappa shape index (κ2) is 8.74. The lowest BCUT2D eigenvalue weighted by atomic mass is 9.95. The van der Waals surface area contributed by atoms with Gasteiger partial charge in [-0.3, -0.25) is 9.59 Å². The largest absolute Gasteiger partial charge is 0.507 e. The summed E-state index contributed by atoms with van der Waals surface area (Å²) in [6.45, 7) is 0.199. The van der Waals surface area contributed by atoms with Crippen molar-refractivity contribution in [2.24, 2.45) is 0 Å². The Balaban J connectivity index is 1.80. The van der Waals surface area contributed by atoms with Gasteiger partial charge < -0.3 is 10.0 Å². The van der Waals surface area contributed by atoms with Gasteiger partial charge in [0, 0.05) is 22.7 Å². The van der Waals surface area contributed by atoms with Crippen molar-refractivity contribution in [3.8, 4) is 0 Å². The molecule has 0 aromatic heterocycles. The highest BCUT2D eigenvalue weighted by atomic mass is 35.5. The van der Waals surface area contributed by atoms with Gasteiger partial charge >= 0.3 is 0 Å². The molecule has 0 radical (unpaired) electrons. The van der Waals surface area contributed by atoms with Crippen molar-refractivity contribution in [2.75, 3.05) is 6.54 Å². The molecule has 6 heteroatoms. The van der Waals surface area contributed by atoms with Crippen LogP contribution in [0.15, 0.2) is 84.4 Å². The number of nitrogens with zero attached hydrogens (tertiary/aromatic N) is 1. The van der Waals surface area contributed by atoms with Crippen LogP contribution < -0.4 is 0 Å². The molecule has 1 atom stereocenters. The molecule has 0 spiro atoms. The number of halogens is 2. The molecule has 3 aromatic rings. The third-order valence-electron chi connectivity index (χ3n) is 5.34. The molecular formula is C25H19ClFNO3. The van der Waals surface area contributed by atoms with Crippen molar-refractivity contribution in [2.45, 2.75) is 12.5 Å². The van der Waals surface area contributed by atoms with Crippen LogP contribution in [0, 0.1) is 5.82 Å². The van der Waals surface area contributed by atoms with Gasteiger partial charge in [-0.15, -0.1) is 0 Å². The van der Waals surface area contributed by atoms with Crippen LogP contribution in [-0.4, -0.2) is 28.2 Å². The zero-order valence-corrected chi connectivity index (χ0v) is 17.2. The van der Waals surface area contributed by atoms with Crippen LogP contribution in [0.5, 0.6) is 0 Å². The van der Waals surface area contributed by atoms with Crippen molar-refractivity contribution in [3.63, 3.8) is 0 Å². The highest BCUT2D eigenvalue weighted by Crippen LogP contribution is 2.40. The Labute approximate surface area is 184 Å². The molecule has 1 amide bonds. The third kappa shape index (κ3) is 4.09. The third-order valence-corrected chi connectivity index (χ3v) is 5.59. The van der Waals surface area contributed by atoms with E-state index in [1.165, 1.54) is 23.1 Å². The summed E-state index contributed by atoms with van der Waals surface area (Å²) in [4.78, 5) is 27.2. The topological polar surface area (TPSA) is 57.6 Å². The van der Waals surface area contributed by atoms with Crippen LogP contribution in [0.1, 0.15) is 22.7 Å². The predicted molar refractivity (Wildman–Crippen MR) is 117 cm³/mol. The van der Waals surface area contributed by atoms with Crippen molar-refractivity contribution in [3.05, 3.63) is 112 Å². The number of hydrogen-bond donors (Lipinski definition) is 1. The zero-order chi connectivity index (χ0) is 22.0. The van der Waals surface area contributed by atoms with E-state index >= 15 is 0 Å². The first-order chi connectivity index (χ1) is 15.0. The Morgan fingerprint density at radius 3 is 2.26 bits per heavy atom. The summed E-state index contributed by atoms with van der Waals surface area (Å²) in [5, 5.41) is 11.4. The molecule has 156 valence electrons. The van der Waals surface area contributed by atoms with Crippen molar-refractivity contribution >= 4 is 29.1 Å². The molecule has 1 aliphatic heterocycles. The first kappa shape index (κ1) is 20.8. The number of likely N-dealkylation sites (tertiary alicyclic amines) is 1. The quantitative estimate of drug-likeness (QED) is 0.343. The van der Waals surface area contributed by atoms with Gasteiger partial charge in [-0.1, -0.05) is 60.1 Å². The molecule has 3 aromatic carbocycles. The number of rotatable bonds is 5. The van der Waals surface area contributed by atoms with E-state index in [2.05, 4.69) is 0 Å². The molecule has 31 heavy (non-hydrogen) atoms. The van der Waals surface area contributed by atoms with Crippen LogP contribution >= 0.6 is 11.6 Å². The number of amides is 1. The molecule has 0 aliphatic carbocycles. The monoisotopic (exact) mass is 435 g/mol. The number of carbonyl (C=O) groups is 2. The van der Waals surface area contributed by atoms with Gasteiger partial charge in [0.2, 0.25) is 0 Å². The fourth-order valence-corrected chi connectivity index (χ4v) is 3.91. The minimum absolute atomic E-state index is 0.134. The average molecular weight is 436 g/mol. The van der Waals surface area contributed by atoms with Gasteiger partial charge in [-0.25, -0.2) is 4.39 Å². The smallest absolute Gasteiger partial charge is 0.295 e. The van der Waals surface area contributed by atoms with Crippen LogP contribution in [0.4, 0.5) is 4.39 Å². The Morgan fingerprint density at radius 1 is 0.935 bits per heavy atom. The number of hydrogen-bond acceptors (Lipinski definition) is 3. The highest BCUT2D eigenvalue weighted by molar-refractivity contribution is 6.46. The van der Waals surface area contributed by atoms with Gasteiger partial charge in [-0.2, -0.15) is 0 Å². The van der Waals surface area contributed by atoms with E-state index < -0.39 is 23.5 Å². The maximum atomic E-state index is 14.8. The highest BCUT2D eigenvalue weighted by Gasteiger charge is 2.46. The molecule has 0 bridgehead atoms. The van der Waals surface area contributed by atoms with Crippen LogP contribution in [0.25, 0.3) is 5.76 Å². The Morgan fingerprint density at radius 2 is 1.58 bits per heavy atom. The van der Waals surface area contributed by atoms with Crippen molar-refractivity contribution in [1.29, 1.82) is 0 Å². The summed E-state index contributed by atoms with van der Waals surface area (Å²) in [6, 6.07) is 20.7. The zero-order valence-electron chi connectivity index (χ0n) is 16.5. The van der Waals surface area contributed by atoms with E-state index in [-0.39, 0.29) is 23.4 Å². The van der Waals surface area contributed by atoms with E-state index in [1.807, 2.05) is 30.3 Å². The molecule has 4 rings (SSSR count). The summed E-state index contributed by atoms with van der Waals surface area (Å²) in [5.41, 5.74) is 1.33. The normalized spacial score (nSPS) is 17.9. The van der Waals surface area contributed by atoms with Crippen LogP contribution in [0.3, 0.4) is 0 Å². The molecule has 1 fully saturated rings. The predicted octanol–water partition coefficient (Wildman–Crippen LogP) is 5.14. The van der Waals surface area contributed by atoms with Gasteiger partial charge in [0.1, 0.15) is 11.6 Å². The SMILES string of the molecule is O=C1C(=O)N(CCc2ccccc2)C(c2ccccc2F)/C1=C(\O)c1ccc(Cl)cc1. The van der Waals surface area contributed by atoms with Gasteiger partial charge in [0.05, 0.1) is 11.6 Å². The van der Waals surface area contributed by atoms with Gasteiger partial charge in [0.25, 0.3) is 11.7 Å². The molecule has 1 heterocycles. The number of aliphatic hydroxyl groups excluding tert-OH is 1. The summed E-state index contributed by atoms with van der Waals surface area (Å²) < 4.78 is 14.8. The van der Waals surface area contributed by atoms with Crippen LogP contribution in [0.2, 0.25) is 5.02 Å². The van der Waals surface area contributed by atoms with E-state index in [1.54, 1.807) is 30.3 Å². The molecule has 4 nitrogen and oxygen atoms in total. The summed E-state index contributed by atoms with van der Waals surface area (Å²) in [7, 11) is 0. The van der Waals surface area contributed by atoms with Gasteiger partial charge in [-0.05, 0) is 42.3 Å². The lowest BCUT2D eigenvalue weighted by Gasteiger charge is -2.25. The molecule has 1 N–H and O–H groups in total.